The summed E-state index contributed by atoms with van der Waals surface area (Å²) in [6.45, 7) is 2.52. The van der Waals surface area contributed by atoms with E-state index < -0.39 is 5.97 Å². The van der Waals surface area contributed by atoms with Crippen LogP contribution in [0.3, 0.4) is 0 Å². The van der Waals surface area contributed by atoms with E-state index in [4.69, 9.17) is 5.11 Å². The molecule has 0 aliphatic heterocycles. The van der Waals surface area contributed by atoms with Crippen molar-refractivity contribution in [3.63, 3.8) is 0 Å². The number of carboxylic acid groups (broad SMARTS) is 1. The number of aromatic nitrogens is 2. The molecule has 0 atom stereocenters. The van der Waals surface area contributed by atoms with Gasteiger partial charge in [-0.2, -0.15) is 11.8 Å². The van der Waals surface area contributed by atoms with Crippen molar-refractivity contribution in [2.24, 2.45) is 0 Å². The van der Waals surface area contributed by atoms with E-state index in [2.05, 4.69) is 21.5 Å². The lowest BCUT2D eigenvalue weighted by molar-refractivity contribution is 0.0695. The third-order valence-electron chi connectivity index (χ3n) is 3.73. The summed E-state index contributed by atoms with van der Waals surface area (Å²) in [5.74, 6) is -0.469. The fourth-order valence-corrected chi connectivity index (χ4v) is 3.39. The summed E-state index contributed by atoms with van der Waals surface area (Å²) in [6.07, 6.45) is 8.50. The summed E-state index contributed by atoms with van der Waals surface area (Å²) in [7, 11) is 0. The van der Waals surface area contributed by atoms with Gasteiger partial charge in [0.1, 0.15) is 0 Å². The molecule has 6 heteroatoms. The number of nitrogens with one attached hydrogen (secondary N) is 1. The van der Waals surface area contributed by atoms with Crippen LogP contribution in [0.5, 0.6) is 0 Å². The first kappa shape index (κ1) is 14.1. The summed E-state index contributed by atoms with van der Waals surface area (Å²) < 4.78 is 0.280. The largest absolute Gasteiger partial charge is 0.478 e. The molecule has 1 saturated carbocycles. The van der Waals surface area contributed by atoms with Crippen LogP contribution in [0.4, 0.5) is 5.95 Å². The molecule has 0 saturated heterocycles. The minimum Gasteiger partial charge on any atom is -0.478 e. The number of aromatic carboxylic acids is 1. The quantitative estimate of drug-likeness (QED) is 0.864. The molecule has 1 aliphatic carbocycles. The highest BCUT2D eigenvalue weighted by Gasteiger charge is 2.32. The Morgan fingerprint density at radius 2 is 2.21 bits per heavy atom. The first-order chi connectivity index (χ1) is 9.06. The lowest BCUT2D eigenvalue weighted by Crippen LogP contribution is -2.30. The Labute approximate surface area is 117 Å². The van der Waals surface area contributed by atoms with Gasteiger partial charge in [0.25, 0.3) is 0 Å². The van der Waals surface area contributed by atoms with Crippen molar-refractivity contribution in [2.45, 2.75) is 37.4 Å². The molecule has 2 N–H and O–H groups in total. The zero-order chi connectivity index (χ0) is 13.9. The molecule has 1 fully saturated rings. The number of rotatable bonds is 5. The highest BCUT2D eigenvalue weighted by molar-refractivity contribution is 8.00. The number of hydrogen-bond acceptors (Lipinski definition) is 5. The van der Waals surface area contributed by atoms with Crippen LogP contribution in [0, 0.1) is 6.92 Å². The molecule has 0 radical (unpaired) electrons. The Morgan fingerprint density at radius 3 is 2.74 bits per heavy atom. The molecule has 19 heavy (non-hydrogen) atoms. The standard InChI is InChI=1S/C13H19N3O2S/c1-9-10(11(17)18)7-14-12(16-9)15-8-13(19-2)5-3-4-6-13/h7H,3-6,8H2,1-2H3,(H,17,18)(H,14,15,16). The second-order valence-electron chi connectivity index (χ2n) is 4.95. The van der Waals surface area contributed by atoms with Gasteiger partial charge in [-0.1, -0.05) is 12.8 Å². The monoisotopic (exact) mass is 281 g/mol. The van der Waals surface area contributed by atoms with Gasteiger partial charge in [-0.25, -0.2) is 14.8 Å². The van der Waals surface area contributed by atoms with E-state index in [1.807, 2.05) is 11.8 Å². The third kappa shape index (κ3) is 3.18. The number of hydrogen-bond donors (Lipinski definition) is 2. The lowest BCUT2D eigenvalue weighted by Gasteiger charge is -2.26. The van der Waals surface area contributed by atoms with Crippen molar-refractivity contribution < 1.29 is 9.90 Å². The molecule has 1 aromatic rings. The van der Waals surface area contributed by atoms with E-state index in [1.54, 1.807) is 6.92 Å². The van der Waals surface area contributed by atoms with Crippen LogP contribution in [-0.2, 0) is 0 Å². The van der Waals surface area contributed by atoms with Crippen molar-refractivity contribution >= 4 is 23.7 Å². The number of carboxylic acids is 1. The van der Waals surface area contributed by atoms with Crippen molar-refractivity contribution in [2.75, 3.05) is 18.1 Å². The highest BCUT2D eigenvalue weighted by Crippen LogP contribution is 2.40. The number of carbonyl (C=O) groups is 1. The average Bonchev–Trinajstić information content (AvgIpc) is 2.85. The average molecular weight is 281 g/mol. The van der Waals surface area contributed by atoms with Crippen molar-refractivity contribution in [1.82, 2.24) is 9.97 Å². The van der Waals surface area contributed by atoms with Gasteiger partial charge in [0.2, 0.25) is 5.95 Å². The van der Waals surface area contributed by atoms with Crippen LogP contribution in [0.2, 0.25) is 0 Å². The Kier molecular flexibility index (Phi) is 4.29. The summed E-state index contributed by atoms with van der Waals surface area (Å²) in [5, 5.41) is 12.2. The van der Waals surface area contributed by atoms with E-state index in [0.29, 0.717) is 11.6 Å². The molecule has 104 valence electrons. The molecule has 0 aromatic carbocycles. The molecule has 0 amide bonds. The molecule has 1 heterocycles. The van der Waals surface area contributed by atoms with Crippen LogP contribution in [0.1, 0.15) is 41.7 Å². The van der Waals surface area contributed by atoms with Gasteiger partial charge < -0.3 is 10.4 Å². The van der Waals surface area contributed by atoms with Crippen LogP contribution in [0.15, 0.2) is 6.20 Å². The van der Waals surface area contributed by atoms with Gasteiger partial charge in [0.05, 0.1) is 11.3 Å². The minimum absolute atomic E-state index is 0.158. The van der Waals surface area contributed by atoms with Gasteiger partial charge in [0, 0.05) is 17.5 Å². The Bertz CT molecular complexity index is 473. The molecule has 5 nitrogen and oxygen atoms in total. The summed E-state index contributed by atoms with van der Waals surface area (Å²) >= 11 is 1.90. The van der Waals surface area contributed by atoms with Gasteiger partial charge in [-0.3, -0.25) is 0 Å². The maximum absolute atomic E-state index is 10.9. The third-order valence-corrected chi connectivity index (χ3v) is 5.14. The highest BCUT2D eigenvalue weighted by atomic mass is 32.2. The second-order valence-corrected chi connectivity index (χ2v) is 6.22. The van der Waals surface area contributed by atoms with Crippen molar-refractivity contribution in [3.8, 4) is 0 Å². The first-order valence-electron chi connectivity index (χ1n) is 6.42. The second kappa shape index (κ2) is 5.77. The topological polar surface area (TPSA) is 75.1 Å². The van der Waals surface area contributed by atoms with Crippen LogP contribution in [0.25, 0.3) is 0 Å². The smallest absolute Gasteiger partial charge is 0.339 e. The normalized spacial score (nSPS) is 17.4. The van der Waals surface area contributed by atoms with E-state index in [-0.39, 0.29) is 10.3 Å². The van der Waals surface area contributed by atoms with Crippen LogP contribution >= 0.6 is 11.8 Å². The van der Waals surface area contributed by atoms with Gasteiger partial charge in [-0.15, -0.1) is 0 Å². The fraction of sp³-hybridized carbons (Fsp3) is 0.615. The molecule has 2 rings (SSSR count). The van der Waals surface area contributed by atoms with E-state index in [1.165, 1.54) is 31.9 Å². The van der Waals surface area contributed by atoms with Crippen LogP contribution < -0.4 is 5.32 Å². The zero-order valence-corrected chi connectivity index (χ0v) is 12.1. The molecule has 0 unspecified atom stereocenters. The van der Waals surface area contributed by atoms with E-state index >= 15 is 0 Å². The van der Waals surface area contributed by atoms with E-state index in [0.717, 1.165) is 6.54 Å². The van der Waals surface area contributed by atoms with Gasteiger partial charge in [0.15, 0.2) is 0 Å². The number of nitrogens with zero attached hydrogens (tertiary/aromatic N) is 2. The maximum Gasteiger partial charge on any atom is 0.339 e. The summed E-state index contributed by atoms with van der Waals surface area (Å²) in [6, 6.07) is 0. The molecule has 0 spiro atoms. The molecule has 1 aromatic heterocycles. The maximum atomic E-state index is 10.9. The Balaban J connectivity index is 2.03. The number of thioether (sulfide) groups is 1. The van der Waals surface area contributed by atoms with Crippen LogP contribution in [-0.4, -0.2) is 38.6 Å². The molecular weight excluding hydrogens is 262 g/mol. The zero-order valence-electron chi connectivity index (χ0n) is 11.3. The SMILES string of the molecule is CSC1(CNc2ncc(C(=O)O)c(C)n2)CCCC1. The van der Waals surface area contributed by atoms with Gasteiger partial charge >= 0.3 is 5.97 Å². The Morgan fingerprint density at radius 1 is 1.53 bits per heavy atom. The van der Waals surface area contributed by atoms with E-state index in [9.17, 15) is 4.79 Å². The minimum atomic E-state index is -0.986. The molecular formula is C13H19N3O2S. The summed E-state index contributed by atoms with van der Waals surface area (Å²) in [4.78, 5) is 19.2. The molecule has 0 bridgehead atoms. The number of anilines is 1. The lowest BCUT2D eigenvalue weighted by atomic mass is 10.1. The predicted octanol–water partition coefficient (Wildman–Crippen LogP) is 2.57. The fourth-order valence-electron chi connectivity index (χ4n) is 2.47. The van der Waals surface area contributed by atoms with Gasteiger partial charge in [-0.05, 0) is 26.0 Å². The van der Waals surface area contributed by atoms with Crippen molar-refractivity contribution in [3.05, 3.63) is 17.5 Å². The first-order valence-corrected chi connectivity index (χ1v) is 7.65. The summed E-state index contributed by atoms with van der Waals surface area (Å²) in [5.41, 5.74) is 0.653. The Hall–Kier alpha value is -1.30. The predicted molar refractivity (Wildman–Crippen MR) is 76.9 cm³/mol. The number of aryl methyl sites for hydroxylation is 1. The van der Waals surface area contributed by atoms with Crippen molar-refractivity contribution in [1.29, 1.82) is 0 Å². The molecule has 1 aliphatic rings.